The van der Waals surface area contributed by atoms with Gasteiger partial charge in [-0.25, -0.2) is 9.34 Å². The largest absolute Gasteiger partial charge is 0.259 e. The molecular weight excluding hydrogens is 187 g/mol. The SMILES string of the molecule is S=P(OS)(N1CC1)N1CC1. The zero-order chi connectivity index (χ0) is 7.19. The van der Waals surface area contributed by atoms with E-state index in [1.165, 1.54) is 0 Å². The Balaban J connectivity index is 2.11. The normalized spacial score (nSPS) is 26.9. The summed E-state index contributed by atoms with van der Waals surface area (Å²) in [6, 6.07) is 0. The van der Waals surface area contributed by atoms with Crippen molar-refractivity contribution < 1.29 is 3.97 Å². The monoisotopic (exact) mass is 196 g/mol. The van der Waals surface area contributed by atoms with E-state index in [9.17, 15) is 0 Å². The molecule has 3 nitrogen and oxygen atoms in total. The molecule has 2 aliphatic heterocycles. The molecule has 0 aromatic heterocycles. The van der Waals surface area contributed by atoms with Gasteiger partial charge in [-0.1, -0.05) is 0 Å². The fraction of sp³-hybridized carbons (Fsp3) is 1.00. The van der Waals surface area contributed by atoms with Gasteiger partial charge in [0, 0.05) is 26.2 Å². The lowest BCUT2D eigenvalue weighted by molar-refractivity contribution is 0.602. The molecule has 6 heteroatoms. The first kappa shape index (κ1) is 7.53. The Hall–Kier alpha value is 0.880. The minimum atomic E-state index is -1.76. The number of hydrogen-bond acceptors (Lipinski definition) is 3. The second-order valence-corrected chi connectivity index (χ2v) is 6.67. The van der Waals surface area contributed by atoms with Crippen LogP contribution in [0.2, 0.25) is 0 Å². The van der Waals surface area contributed by atoms with Crippen molar-refractivity contribution in [3.8, 4) is 0 Å². The molecule has 58 valence electrons. The summed E-state index contributed by atoms with van der Waals surface area (Å²) < 4.78 is 9.42. The van der Waals surface area contributed by atoms with Crippen LogP contribution >= 0.6 is 19.5 Å². The highest BCUT2D eigenvalue weighted by Gasteiger charge is 2.44. The maximum absolute atomic E-state index is 5.34. The van der Waals surface area contributed by atoms with Gasteiger partial charge in [-0.05, 0) is 24.7 Å². The lowest BCUT2D eigenvalue weighted by Gasteiger charge is -2.19. The van der Waals surface area contributed by atoms with Crippen molar-refractivity contribution in [3.05, 3.63) is 0 Å². The van der Waals surface area contributed by atoms with Gasteiger partial charge in [0.2, 0.25) is 6.57 Å². The summed E-state index contributed by atoms with van der Waals surface area (Å²) in [5, 5.41) is 0. The number of rotatable bonds is 3. The first-order valence-electron chi connectivity index (χ1n) is 3.21. The van der Waals surface area contributed by atoms with Crippen LogP contribution in [0.1, 0.15) is 0 Å². The third-order valence-electron chi connectivity index (χ3n) is 1.67. The molecule has 2 heterocycles. The van der Waals surface area contributed by atoms with Crippen LogP contribution in [0.25, 0.3) is 0 Å². The summed E-state index contributed by atoms with van der Waals surface area (Å²) in [5.74, 6) is 0. The van der Waals surface area contributed by atoms with Gasteiger partial charge in [-0.2, -0.15) is 0 Å². The number of thiol groups is 1. The van der Waals surface area contributed by atoms with Crippen molar-refractivity contribution in [3.63, 3.8) is 0 Å². The average Bonchev–Trinajstić information content (AvgIpc) is 2.73. The van der Waals surface area contributed by atoms with Gasteiger partial charge < -0.3 is 0 Å². The third kappa shape index (κ3) is 1.15. The highest BCUT2D eigenvalue weighted by Crippen LogP contribution is 2.61. The molecule has 0 N–H and O–H groups in total. The van der Waals surface area contributed by atoms with Crippen molar-refractivity contribution >= 4 is 31.3 Å². The standard InChI is InChI=1S/C4H9N2OPS2/c9-7-8(10,5-1-2-5)6-3-4-6/h9H,1-4H2. The molecule has 0 atom stereocenters. The summed E-state index contributed by atoms with van der Waals surface area (Å²) in [7, 11) is 0. The molecule has 2 rings (SSSR count). The third-order valence-corrected chi connectivity index (χ3v) is 6.73. The molecule has 10 heavy (non-hydrogen) atoms. The van der Waals surface area contributed by atoms with Crippen molar-refractivity contribution in [2.75, 3.05) is 26.2 Å². The average molecular weight is 196 g/mol. The molecule has 2 aliphatic rings. The molecule has 0 aromatic carbocycles. The molecule has 2 fully saturated rings. The summed E-state index contributed by atoms with van der Waals surface area (Å²) in [5.41, 5.74) is 0. The second-order valence-electron chi connectivity index (χ2n) is 2.48. The van der Waals surface area contributed by atoms with Gasteiger partial charge in [0.25, 0.3) is 0 Å². The zero-order valence-corrected chi connectivity index (χ0v) is 8.04. The van der Waals surface area contributed by atoms with E-state index < -0.39 is 6.57 Å². The lowest BCUT2D eigenvalue weighted by Crippen LogP contribution is -2.02. The molecule has 0 saturated carbocycles. The van der Waals surface area contributed by atoms with Crippen LogP contribution in [0.5, 0.6) is 0 Å². The molecule has 0 unspecified atom stereocenters. The quantitative estimate of drug-likeness (QED) is 0.309. The van der Waals surface area contributed by atoms with Crippen LogP contribution in [0.3, 0.4) is 0 Å². The summed E-state index contributed by atoms with van der Waals surface area (Å²) in [6.45, 7) is 2.61. The minimum absolute atomic E-state index is 1.09. The van der Waals surface area contributed by atoms with Crippen LogP contribution in [0.15, 0.2) is 0 Å². The van der Waals surface area contributed by atoms with E-state index in [1.54, 1.807) is 0 Å². The Kier molecular flexibility index (Phi) is 1.83. The Morgan fingerprint density at radius 1 is 1.20 bits per heavy atom. The van der Waals surface area contributed by atoms with Gasteiger partial charge in [0.05, 0.1) is 0 Å². The molecule has 0 aliphatic carbocycles. The van der Waals surface area contributed by atoms with E-state index in [-0.39, 0.29) is 0 Å². The van der Waals surface area contributed by atoms with Crippen LogP contribution in [0, 0.1) is 0 Å². The van der Waals surface area contributed by atoms with Crippen LogP contribution in [0.4, 0.5) is 0 Å². The molecule has 0 aromatic rings. The molecule has 2 saturated heterocycles. The smallest absolute Gasteiger partial charge is 0.214 e. The Bertz CT molecular complexity index is 176. The van der Waals surface area contributed by atoms with E-state index in [4.69, 9.17) is 15.8 Å². The Morgan fingerprint density at radius 3 is 1.80 bits per heavy atom. The lowest BCUT2D eigenvalue weighted by atomic mass is 11.0. The van der Waals surface area contributed by atoms with E-state index in [0.717, 1.165) is 26.2 Å². The minimum Gasteiger partial charge on any atom is -0.259 e. The molecule has 0 amide bonds. The van der Waals surface area contributed by atoms with E-state index in [0.29, 0.717) is 0 Å². The topological polar surface area (TPSA) is 15.2 Å². The second kappa shape index (κ2) is 2.44. The number of hydrogen-bond donors (Lipinski definition) is 1. The Labute approximate surface area is 71.1 Å². The fourth-order valence-electron chi connectivity index (χ4n) is 0.877. The van der Waals surface area contributed by atoms with Gasteiger partial charge in [0.1, 0.15) is 0 Å². The molecule has 0 spiro atoms. The highest BCUT2D eigenvalue weighted by atomic mass is 32.5. The fourth-order valence-corrected chi connectivity index (χ4v) is 4.23. The summed E-state index contributed by atoms with van der Waals surface area (Å²) in [6.07, 6.45) is 0. The van der Waals surface area contributed by atoms with Crippen LogP contribution in [-0.2, 0) is 15.8 Å². The maximum Gasteiger partial charge on any atom is 0.214 e. The van der Waals surface area contributed by atoms with Crippen LogP contribution < -0.4 is 0 Å². The molecular formula is C4H9N2OPS2. The van der Waals surface area contributed by atoms with E-state index in [1.807, 2.05) is 0 Å². The highest BCUT2D eigenvalue weighted by molar-refractivity contribution is 8.12. The molecule has 0 bridgehead atoms. The van der Waals surface area contributed by atoms with Crippen LogP contribution in [-0.4, -0.2) is 35.5 Å². The van der Waals surface area contributed by atoms with Gasteiger partial charge in [-0.15, -0.1) is 0 Å². The Morgan fingerprint density at radius 2 is 1.60 bits per heavy atom. The maximum atomic E-state index is 5.34. The van der Waals surface area contributed by atoms with Crippen molar-refractivity contribution in [1.29, 1.82) is 0 Å². The van der Waals surface area contributed by atoms with E-state index in [2.05, 4.69) is 22.3 Å². The van der Waals surface area contributed by atoms with Gasteiger partial charge in [0.15, 0.2) is 0 Å². The van der Waals surface area contributed by atoms with Crippen molar-refractivity contribution in [2.24, 2.45) is 0 Å². The van der Waals surface area contributed by atoms with Gasteiger partial charge in [-0.3, -0.25) is 3.97 Å². The first-order chi connectivity index (χ1) is 4.77. The van der Waals surface area contributed by atoms with Crippen molar-refractivity contribution in [1.82, 2.24) is 9.34 Å². The van der Waals surface area contributed by atoms with E-state index >= 15 is 0 Å². The predicted octanol–water partition coefficient (Wildman–Crippen LogP) is 0.704. The van der Waals surface area contributed by atoms with Gasteiger partial charge >= 0.3 is 0 Å². The molecule has 0 radical (unpaired) electrons. The summed E-state index contributed by atoms with van der Waals surface area (Å²) in [4.78, 5) is 0. The van der Waals surface area contributed by atoms with Crippen molar-refractivity contribution in [2.45, 2.75) is 0 Å². The predicted molar refractivity (Wildman–Crippen MR) is 47.5 cm³/mol. The first-order valence-corrected chi connectivity index (χ1v) is 6.20. The zero-order valence-electron chi connectivity index (χ0n) is 5.43. The number of nitrogens with zero attached hydrogens (tertiary/aromatic N) is 2. The summed E-state index contributed by atoms with van der Waals surface area (Å²) >= 11 is 9.16.